The third-order valence-electron chi connectivity index (χ3n) is 2.36. The van der Waals surface area contributed by atoms with E-state index in [1.165, 1.54) is 25.3 Å². The molecular formula is C12H8ClF2NO3. The van der Waals surface area contributed by atoms with Crippen molar-refractivity contribution in [1.29, 1.82) is 0 Å². The summed E-state index contributed by atoms with van der Waals surface area (Å²) < 4.78 is 33.5. The van der Waals surface area contributed by atoms with E-state index >= 15 is 0 Å². The SMILES string of the molecule is COC(=O)c1cc(Cl)c2cccc(OC(F)F)c2n1. The Morgan fingerprint density at radius 1 is 1.42 bits per heavy atom. The van der Waals surface area contributed by atoms with Crippen molar-refractivity contribution in [3.8, 4) is 5.75 Å². The van der Waals surface area contributed by atoms with Gasteiger partial charge in [0.1, 0.15) is 5.52 Å². The van der Waals surface area contributed by atoms with Crippen LogP contribution in [0.4, 0.5) is 8.78 Å². The molecule has 2 aromatic rings. The monoisotopic (exact) mass is 287 g/mol. The van der Waals surface area contributed by atoms with Crippen molar-refractivity contribution in [2.24, 2.45) is 0 Å². The number of hydrogen-bond donors (Lipinski definition) is 0. The zero-order valence-electron chi connectivity index (χ0n) is 9.69. The van der Waals surface area contributed by atoms with Crippen molar-refractivity contribution >= 4 is 28.5 Å². The van der Waals surface area contributed by atoms with E-state index in [4.69, 9.17) is 11.6 Å². The minimum absolute atomic E-state index is 0.0784. The number of hydrogen-bond acceptors (Lipinski definition) is 4. The molecule has 0 unspecified atom stereocenters. The molecule has 2 rings (SSSR count). The van der Waals surface area contributed by atoms with Gasteiger partial charge < -0.3 is 9.47 Å². The van der Waals surface area contributed by atoms with Crippen molar-refractivity contribution in [3.05, 3.63) is 35.0 Å². The number of alkyl halides is 2. The molecule has 0 N–H and O–H groups in total. The average molecular weight is 288 g/mol. The molecule has 0 aliphatic heterocycles. The molecule has 0 saturated heterocycles. The van der Waals surface area contributed by atoms with Crippen LogP contribution in [-0.2, 0) is 4.74 Å². The molecule has 0 spiro atoms. The lowest BCUT2D eigenvalue weighted by molar-refractivity contribution is -0.0489. The fourth-order valence-corrected chi connectivity index (χ4v) is 1.84. The molecule has 19 heavy (non-hydrogen) atoms. The number of nitrogens with zero attached hydrogens (tertiary/aromatic N) is 1. The Morgan fingerprint density at radius 2 is 2.16 bits per heavy atom. The lowest BCUT2D eigenvalue weighted by atomic mass is 10.2. The van der Waals surface area contributed by atoms with Gasteiger partial charge in [-0.25, -0.2) is 9.78 Å². The number of benzene rings is 1. The topological polar surface area (TPSA) is 48.4 Å². The lowest BCUT2D eigenvalue weighted by Gasteiger charge is -2.09. The number of carbonyl (C=O) groups excluding carboxylic acids is 1. The molecule has 1 aromatic heterocycles. The molecular weight excluding hydrogens is 280 g/mol. The van der Waals surface area contributed by atoms with Crippen LogP contribution in [0.2, 0.25) is 5.02 Å². The fraction of sp³-hybridized carbons (Fsp3) is 0.167. The Hall–Kier alpha value is -1.95. The zero-order valence-corrected chi connectivity index (χ0v) is 10.4. The summed E-state index contributed by atoms with van der Waals surface area (Å²) >= 11 is 5.98. The Balaban J connectivity index is 2.65. The number of carbonyl (C=O) groups is 1. The fourth-order valence-electron chi connectivity index (χ4n) is 1.58. The first-order chi connectivity index (χ1) is 9.02. The summed E-state index contributed by atoms with van der Waals surface area (Å²) in [4.78, 5) is 15.4. The number of para-hydroxylation sites is 1. The van der Waals surface area contributed by atoms with E-state index in [1.807, 2.05) is 0 Å². The van der Waals surface area contributed by atoms with Crippen molar-refractivity contribution in [1.82, 2.24) is 4.98 Å². The van der Waals surface area contributed by atoms with Crippen LogP contribution in [0.1, 0.15) is 10.5 Å². The molecule has 0 bridgehead atoms. The summed E-state index contributed by atoms with van der Waals surface area (Å²) in [5, 5.41) is 0.609. The molecule has 0 saturated carbocycles. The van der Waals surface area contributed by atoms with Gasteiger partial charge in [-0.15, -0.1) is 0 Å². The predicted molar refractivity (Wildman–Crippen MR) is 64.7 cm³/mol. The van der Waals surface area contributed by atoms with Gasteiger partial charge in [0.25, 0.3) is 0 Å². The first-order valence-corrected chi connectivity index (χ1v) is 5.53. The second-order valence-corrected chi connectivity index (χ2v) is 3.92. The Bertz CT molecular complexity index is 634. The van der Waals surface area contributed by atoms with Crippen molar-refractivity contribution in [3.63, 3.8) is 0 Å². The molecule has 4 nitrogen and oxygen atoms in total. The van der Waals surface area contributed by atoms with Crippen LogP contribution in [0.25, 0.3) is 10.9 Å². The van der Waals surface area contributed by atoms with Crippen molar-refractivity contribution in [2.45, 2.75) is 6.61 Å². The predicted octanol–water partition coefficient (Wildman–Crippen LogP) is 3.28. The molecule has 0 atom stereocenters. The smallest absolute Gasteiger partial charge is 0.387 e. The van der Waals surface area contributed by atoms with Crippen LogP contribution in [0, 0.1) is 0 Å². The van der Waals surface area contributed by atoms with Crippen LogP contribution in [0.3, 0.4) is 0 Å². The van der Waals surface area contributed by atoms with E-state index in [1.54, 1.807) is 6.07 Å². The molecule has 0 aliphatic carbocycles. The first-order valence-electron chi connectivity index (χ1n) is 5.15. The minimum atomic E-state index is -2.99. The maximum Gasteiger partial charge on any atom is 0.387 e. The van der Waals surface area contributed by atoms with E-state index in [0.717, 1.165) is 0 Å². The number of halogens is 3. The summed E-state index contributed by atoms with van der Waals surface area (Å²) in [5.41, 5.74) is 0.000941. The standard InChI is InChI=1S/C12H8ClF2NO3/c1-18-11(17)8-5-7(13)6-3-2-4-9(10(6)16-8)19-12(14)15/h2-5,12H,1H3. The molecule has 0 radical (unpaired) electrons. The average Bonchev–Trinajstić information content (AvgIpc) is 2.38. The molecule has 1 aromatic carbocycles. The van der Waals surface area contributed by atoms with E-state index < -0.39 is 12.6 Å². The van der Waals surface area contributed by atoms with Gasteiger partial charge in [0.15, 0.2) is 11.4 Å². The van der Waals surface area contributed by atoms with Gasteiger partial charge in [-0.3, -0.25) is 0 Å². The number of pyridine rings is 1. The van der Waals surface area contributed by atoms with E-state index in [-0.39, 0.29) is 22.0 Å². The second kappa shape index (κ2) is 5.36. The molecule has 100 valence electrons. The molecule has 0 aliphatic rings. The second-order valence-electron chi connectivity index (χ2n) is 3.51. The zero-order chi connectivity index (χ0) is 14.0. The Labute approximate surface area is 111 Å². The van der Waals surface area contributed by atoms with E-state index in [2.05, 4.69) is 14.5 Å². The maximum atomic E-state index is 12.3. The van der Waals surface area contributed by atoms with Gasteiger partial charge in [-0.05, 0) is 12.1 Å². The van der Waals surface area contributed by atoms with Crippen LogP contribution in [0.5, 0.6) is 5.75 Å². The molecule has 0 amide bonds. The first kappa shape index (κ1) is 13.5. The number of aromatic nitrogens is 1. The molecule has 0 fully saturated rings. The van der Waals surface area contributed by atoms with Gasteiger partial charge in [0.2, 0.25) is 0 Å². The van der Waals surface area contributed by atoms with E-state index in [9.17, 15) is 13.6 Å². The highest BCUT2D eigenvalue weighted by Crippen LogP contribution is 2.30. The quantitative estimate of drug-likeness (QED) is 0.813. The highest BCUT2D eigenvalue weighted by Gasteiger charge is 2.15. The minimum Gasteiger partial charge on any atom is -0.464 e. The third kappa shape index (κ3) is 2.73. The summed E-state index contributed by atoms with van der Waals surface area (Å²) in [6, 6.07) is 5.72. The third-order valence-corrected chi connectivity index (χ3v) is 2.68. The number of esters is 1. The Morgan fingerprint density at radius 3 is 2.79 bits per heavy atom. The van der Waals surface area contributed by atoms with Crippen LogP contribution in [-0.4, -0.2) is 24.7 Å². The summed E-state index contributed by atoms with van der Waals surface area (Å²) in [6.45, 7) is -2.99. The van der Waals surface area contributed by atoms with Gasteiger partial charge in [-0.2, -0.15) is 8.78 Å². The summed E-state index contributed by atoms with van der Waals surface area (Å²) in [5.74, 6) is -0.865. The maximum absolute atomic E-state index is 12.3. The highest BCUT2D eigenvalue weighted by atomic mass is 35.5. The lowest BCUT2D eigenvalue weighted by Crippen LogP contribution is -2.07. The summed E-state index contributed by atoms with van der Waals surface area (Å²) in [6.07, 6.45) is 0. The highest BCUT2D eigenvalue weighted by molar-refractivity contribution is 6.35. The van der Waals surface area contributed by atoms with Gasteiger partial charge in [0.05, 0.1) is 12.1 Å². The van der Waals surface area contributed by atoms with Gasteiger partial charge in [-0.1, -0.05) is 23.7 Å². The number of rotatable bonds is 3. The van der Waals surface area contributed by atoms with Crippen LogP contribution in [0.15, 0.2) is 24.3 Å². The number of ether oxygens (including phenoxy) is 2. The number of fused-ring (bicyclic) bond motifs is 1. The van der Waals surface area contributed by atoms with Crippen molar-refractivity contribution in [2.75, 3.05) is 7.11 Å². The van der Waals surface area contributed by atoms with Crippen LogP contribution >= 0.6 is 11.6 Å². The normalized spacial score (nSPS) is 10.8. The molecule has 1 heterocycles. The van der Waals surface area contributed by atoms with Gasteiger partial charge in [0, 0.05) is 5.39 Å². The molecule has 7 heteroatoms. The number of methoxy groups -OCH3 is 1. The Kier molecular flexibility index (Phi) is 3.80. The largest absolute Gasteiger partial charge is 0.464 e. The van der Waals surface area contributed by atoms with Gasteiger partial charge >= 0.3 is 12.6 Å². The van der Waals surface area contributed by atoms with Crippen molar-refractivity contribution < 1.29 is 23.0 Å². The van der Waals surface area contributed by atoms with Crippen LogP contribution < -0.4 is 4.74 Å². The van der Waals surface area contributed by atoms with E-state index in [0.29, 0.717) is 5.39 Å². The summed E-state index contributed by atoms with van der Waals surface area (Å²) in [7, 11) is 1.18.